The summed E-state index contributed by atoms with van der Waals surface area (Å²) >= 11 is 1.49. The van der Waals surface area contributed by atoms with Crippen LogP contribution in [0.2, 0.25) is 0 Å². The first-order valence-corrected chi connectivity index (χ1v) is 19.2. The lowest BCUT2D eigenvalue weighted by molar-refractivity contribution is -0.137. The number of nitrogens with one attached hydrogen (secondary N) is 3. The molecule has 11 nitrogen and oxygen atoms in total. The predicted octanol–water partition coefficient (Wildman–Crippen LogP) is 5.79. The van der Waals surface area contributed by atoms with Crippen molar-refractivity contribution in [1.82, 2.24) is 20.6 Å². The number of carbonyl (C=O) groups excluding carboxylic acids is 1. The van der Waals surface area contributed by atoms with Crippen LogP contribution < -0.4 is 25.0 Å². The first kappa shape index (κ1) is 39.0. The van der Waals surface area contributed by atoms with E-state index in [2.05, 4.69) is 32.8 Å². The molecule has 1 aliphatic carbocycles. The Balaban J connectivity index is 1.35. The van der Waals surface area contributed by atoms with Crippen molar-refractivity contribution in [3.05, 3.63) is 88.9 Å². The van der Waals surface area contributed by atoms with Crippen LogP contribution in [0.5, 0.6) is 5.75 Å². The van der Waals surface area contributed by atoms with Crippen molar-refractivity contribution in [3.8, 4) is 16.3 Å². The van der Waals surface area contributed by atoms with Gasteiger partial charge in [-0.05, 0) is 80.1 Å². The summed E-state index contributed by atoms with van der Waals surface area (Å²) in [6.45, 7) is 5.60. The molecule has 0 radical (unpaired) electrons. The number of halogens is 3. The number of sulfonamides is 1. The van der Waals surface area contributed by atoms with Crippen molar-refractivity contribution in [2.45, 2.75) is 57.3 Å². The molecule has 1 amide bonds. The summed E-state index contributed by atoms with van der Waals surface area (Å²) in [5, 5.41) is 22.3. The van der Waals surface area contributed by atoms with Crippen LogP contribution in [-0.2, 0) is 22.7 Å². The summed E-state index contributed by atoms with van der Waals surface area (Å²) in [4.78, 5) is 22.6. The number of carbonyl (C=O) groups is 1. The summed E-state index contributed by atoms with van der Waals surface area (Å²) in [6, 6.07) is 13.9. The molecule has 4 atom stereocenters. The van der Waals surface area contributed by atoms with Crippen LogP contribution in [0.25, 0.3) is 10.6 Å². The minimum atomic E-state index is -4.49. The van der Waals surface area contributed by atoms with Crippen LogP contribution in [0.3, 0.4) is 0 Å². The molecule has 1 saturated carbocycles. The Morgan fingerprint density at radius 3 is 2.50 bits per heavy atom. The predicted molar refractivity (Wildman–Crippen MR) is 196 cm³/mol. The second kappa shape index (κ2) is 16.6. The monoisotopic (exact) mass is 760 g/mol. The van der Waals surface area contributed by atoms with Gasteiger partial charge in [0, 0.05) is 49.4 Å². The third-order valence-corrected chi connectivity index (χ3v) is 11.8. The Morgan fingerprint density at radius 2 is 1.87 bits per heavy atom. The molecule has 1 aliphatic rings. The number of benzene rings is 2. The number of aliphatic hydroxyl groups excluding tert-OH is 1. The molecular weight excluding hydrogens is 718 g/mol. The van der Waals surface area contributed by atoms with Gasteiger partial charge in [-0.25, -0.2) is 18.4 Å². The van der Waals surface area contributed by atoms with Gasteiger partial charge in [0.05, 0.1) is 23.0 Å². The number of aliphatic hydroxyl groups is 1. The van der Waals surface area contributed by atoms with E-state index in [-0.39, 0.29) is 31.1 Å². The molecular formula is C36H43F3N6O5S2. The summed E-state index contributed by atoms with van der Waals surface area (Å²) < 4.78 is 72.8. The van der Waals surface area contributed by atoms with E-state index in [1.807, 2.05) is 17.5 Å². The average molecular weight is 761 g/mol. The van der Waals surface area contributed by atoms with Gasteiger partial charge in [0.2, 0.25) is 10.0 Å². The van der Waals surface area contributed by atoms with E-state index in [1.54, 1.807) is 38.2 Å². The molecule has 1 fully saturated rings. The number of amides is 1. The number of rotatable bonds is 17. The number of nitrogens with zero attached hydrogens (tertiary/aromatic N) is 3. The lowest BCUT2D eigenvalue weighted by Crippen LogP contribution is -2.50. The highest BCUT2D eigenvalue weighted by atomic mass is 32.2. The number of hydrogen-bond donors (Lipinski definition) is 4. The van der Waals surface area contributed by atoms with Crippen LogP contribution in [-0.4, -0.2) is 73.5 Å². The Labute approximate surface area is 305 Å². The number of pyridine rings is 1. The molecule has 0 saturated heterocycles. The van der Waals surface area contributed by atoms with E-state index in [0.717, 1.165) is 33.4 Å². The van der Waals surface area contributed by atoms with Gasteiger partial charge in [0.15, 0.2) is 0 Å². The fourth-order valence-corrected chi connectivity index (χ4v) is 7.01. The van der Waals surface area contributed by atoms with Gasteiger partial charge in [-0.15, -0.1) is 11.3 Å². The van der Waals surface area contributed by atoms with Crippen molar-refractivity contribution >= 4 is 38.9 Å². The molecule has 0 spiro atoms. The Kier molecular flexibility index (Phi) is 12.4. The fourth-order valence-electron chi connectivity index (χ4n) is 5.38. The molecule has 4 N–H and O–H groups in total. The van der Waals surface area contributed by atoms with Crippen molar-refractivity contribution < 1.29 is 36.2 Å². The number of aromatic nitrogens is 2. The van der Waals surface area contributed by atoms with Crippen LogP contribution in [0, 0.1) is 11.8 Å². The maximum atomic E-state index is 13.9. The molecule has 52 heavy (non-hydrogen) atoms. The molecule has 2 aromatic heterocycles. The number of thiazole rings is 1. The van der Waals surface area contributed by atoms with Gasteiger partial charge < -0.3 is 25.8 Å². The highest BCUT2D eigenvalue weighted by Gasteiger charge is 2.33. The van der Waals surface area contributed by atoms with Gasteiger partial charge in [-0.3, -0.25) is 9.10 Å². The van der Waals surface area contributed by atoms with E-state index in [0.29, 0.717) is 35.5 Å². The van der Waals surface area contributed by atoms with Gasteiger partial charge >= 0.3 is 6.18 Å². The summed E-state index contributed by atoms with van der Waals surface area (Å²) in [5.41, 5.74) is 0.578. The first-order chi connectivity index (χ1) is 24.6. The van der Waals surface area contributed by atoms with E-state index in [9.17, 15) is 31.5 Å². The lowest BCUT2D eigenvalue weighted by atomic mass is 10.1. The molecule has 5 rings (SSSR count). The highest BCUT2D eigenvalue weighted by Crippen LogP contribution is 2.37. The minimum Gasteiger partial charge on any atom is -0.491 e. The van der Waals surface area contributed by atoms with Crippen LogP contribution in [0.15, 0.2) is 72.2 Å². The number of anilines is 2. The maximum absolute atomic E-state index is 13.9. The summed E-state index contributed by atoms with van der Waals surface area (Å²) in [5.74, 6) is 1.21. The fraction of sp³-hybridized carbons (Fsp3) is 0.417. The normalized spacial score (nSPS) is 17.0. The van der Waals surface area contributed by atoms with Crippen molar-refractivity contribution in [2.24, 2.45) is 11.8 Å². The van der Waals surface area contributed by atoms with E-state index < -0.39 is 45.1 Å². The minimum absolute atomic E-state index is 0.0275. The lowest BCUT2D eigenvalue weighted by Gasteiger charge is -2.26. The molecule has 4 aromatic rings. The van der Waals surface area contributed by atoms with E-state index in [4.69, 9.17) is 4.74 Å². The van der Waals surface area contributed by atoms with Gasteiger partial charge in [0.25, 0.3) is 5.91 Å². The molecule has 280 valence electrons. The number of ether oxygens (including phenoxy) is 1. The molecule has 16 heteroatoms. The van der Waals surface area contributed by atoms with Crippen molar-refractivity contribution in [2.75, 3.05) is 36.4 Å². The van der Waals surface area contributed by atoms with E-state index >= 15 is 0 Å². The summed E-state index contributed by atoms with van der Waals surface area (Å²) in [6.07, 6.45) is -2.98. The SMILES string of the molecule is CC(C)S(=O)(=O)N(C)c1cc(C(=O)N[C@@H](COc2ccc(-c3nccs3)cc2)[C@H](O)CNCc2cccc(C(F)(F)F)c2)cc(NC[C@H]2C[C@@H]2C)n1. The highest BCUT2D eigenvalue weighted by molar-refractivity contribution is 7.93. The molecule has 0 bridgehead atoms. The van der Waals surface area contributed by atoms with Gasteiger partial charge in [-0.1, -0.05) is 25.1 Å². The smallest absolute Gasteiger partial charge is 0.416 e. The number of alkyl halides is 3. The van der Waals surface area contributed by atoms with Gasteiger partial charge in [0.1, 0.15) is 29.0 Å². The van der Waals surface area contributed by atoms with Crippen LogP contribution >= 0.6 is 11.3 Å². The third-order valence-electron chi connectivity index (χ3n) is 8.88. The van der Waals surface area contributed by atoms with Crippen molar-refractivity contribution in [1.29, 1.82) is 0 Å². The molecule has 2 heterocycles. The molecule has 2 aromatic carbocycles. The Hall–Kier alpha value is -4.25. The Bertz CT molecular complexity index is 1910. The van der Waals surface area contributed by atoms with Crippen molar-refractivity contribution in [3.63, 3.8) is 0 Å². The second-order valence-corrected chi connectivity index (χ2v) is 16.6. The van der Waals surface area contributed by atoms with Gasteiger partial charge in [-0.2, -0.15) is 13.2 Å². The quantitative estimate of drug-likeness (QED) is 0.105. The first-order valence-electron chi connectivity index (χ1n) is 16.8. The topological polar surface area (TPSA) is 146 Å². The molecule has 0 unspecified atom stereocenters. The summed E-state index contributed by atoms with van der Waals surface area (Å²) in [7, 11) is -2.40. The van der Waals surface area contributed by atoms with E-state index in [1.165, 1.54) is 36.6 Å². The molecule has 0 aliphatic heterocycles. The zero-order valence-corrected chi connectivity index (χ0v) is 30.9. The largest absolute Gasteiger partial charge is 0.491 e. The van der Waals surface area contributed by atoms with Crippen LogP contribution in [0.4, 0.5) is 24.8 Å². The zero-order chi connectivity index (χ0) is 37.6. The average Bonchev–Trinajstić information content (AvgIpc) is 3.55. The van der Waals surface area contributed by atoms with Crippen LogP contribution in [0.1, 0.15) is 48.7 Å². The third kappa shape index (κ3) is 10.2. The number of hydrogen-bond acceptors (Lipinski definition) is 10. The second-order valence-electron chi connectivity index (χ2n) is 13.2. The zero-order valence-electron chi connectivity index (χ0n) is 29.2. The Morgan fingerprint density at radius 1 is 1.13 bits per heavy atom. The maximum Gasteiger partial charge on any atom is 0.416 e. The standard InChI is InChI=1S/C36H43F3N6O5S2/c1-22(2)52(48,49)45(4)33-17-26(16-32(44-33)42-19-27-14-23(27)3)34(47)43-30(21-50-29-10-8-25(9-11-29)35-41-12-13-51-35)31(46)20-40-18-24-6-5-7-28(15-24)36(37,38)39/h5-13,15-17,22-23,27,30-31,40,46H,14,18-21H2,1-4H3,(H,42,44)(H,43,47)/t23-,27+,30-,31+/m0/s1.